The second-order valence-corrected chi connectivity index (χ2v) is 7.04. The Morgan fingerprint density at radius 1 is 1.07 bits per heavy atom. The molecule has 0 unspecified atom stereocenters. The quantitative estimate of drug-likeness (QED) is 0.607. The van der Waals surface area contributed by atoms with Gasteiger partial charge >= 0.3 is 0 Å². The minimum Gasteiger partial charge on any atom is -0.493 e. The number of carbonyl (C=O) groups excluding carboxylic acids is 2. The maximum atomic E-state index is 12.8. The van der Waals surface area contributed by atoms with Crippen molar-refractivity contribution >= 4 is 34.5 Å². The van der Waals surface area contributed by atoms with E-state index in [-0.39, 0.29) is 11.8 Å². The smallest absolute Gasteiger partial charge is 0.255 e. The van der Waals surface area contributed by atoms with E-state index < -0.39 is 0 Å². The standard InChI is InChI=1S/C21H21N3O4S/c1-13-4-6-17(23-14(2)25)18(8-13)24-21(26)15-5-7-19(20(9-15)27-3)28-10-16-11-29-12-22-16/h4-9,11-12H,10H2,1-3H3,(H,23,25)(H,24,26). The van der Waals surface area contributed by atoms with Gasteiger partial charge in [0.25, 0.3) is 5.91 Å². The van der Waals surface area contributed by atoms with E-state index in [1.165, 1.54) is 25.4 Å². The highest BCUT2D eigenvalue weighted by atomic mass is 32.1. The van der Waals surface area contributed by atoms with Crippen molar-refractivity contribution in [2.24, 2.45) is 0 Å². The van der Waals surface area contributed by atoms with Gasteiger partial charge in [0.2, 0.25) is 5.91 Å². The zero-order chi connectivity index (χ0) is 20.8. The van der Waals surface area contributed by atoms with Crippen LogP contribution in [0.4, 0.5) is 11.4 Å². The number of thiazole rings is 1. The number of anilines is 2. The molecule has 0 aliphatic carbocycles. The second kappa shape index (κ2) is 9.20. The van der Waals surface area contributed by atoms with Gasteiger partial charge in [-0.3, -0.25) is 9.59 Å². The molecule has 0 bridgehead atoms. The molecule has 2 amide bonds. The lowest BCUT2D eigenvalue weighted by molar-refractivity contribution is -0.114. The predicted molar refractivity (Wildman–Crippen MR) is 113 cm³/mol. The molecule has 0 fully saturated rings. The minimum absolute atomic E-state index is 0.215. The number of amides is 2. The van der Waals surface area contributed by atoms with Crippen LogP contribution in [0.25, 0.3) is 0 Å². The molecule has 29 heavy (non-hydrogen) atoms. The number of aromatic nitrogens is 1. The third-order valence-corrected chi connectivity index (χ3v) is 4.65. The van der Waals surface area contributed by atoms with Crippen LogP contribution in [0.2, 0.25) is 0 Å². The van der Waals surface area contributed by atoms with Crippen LogP contribution in [0.5, 0.6) is 11.5 Å². The highest BCUT2D eigenvalue weighted by Crippen LogP contribution is 2.30. The van der Waals surface area contributed by atoms with Gasteiger partial charge in [-0.15, -0.1) is 11.3 Å². The van der Waals surface area contributed by atoms with E-state index >= 15 is 0 Å². The van der Waals surface area contributed by atoms with E-state index in [9.17, 15) is 9.59 Å². The third-order valence-electron chi connectivity index (χ3n) is 4.02. The summed E-state index contributed by atoms with van der Waals surface area (Å²) in [6.07, 6.45) is 0. The van der Waals surface area contributed by atoms with Gasteiger partial charge in [-0.25, -0.2) is 4.98 Å². The van der Waals surface area contributed by atoms with E-state index in [4.69, 9.17) is 9.47 Å². The number of aryl methyl sites for hydroxylation is 1. The Morgan fingerprint density at radius 3 is 2.59 bits per heavy atom. The molecule has 0 atom stereocenters. The lowest BCUT2D eigenvalue weighted by atomic mass is 10.1. The first-order valence-electron chi connectivity index (χ1n) is 8.83. The number of carbonyl (C=O) groups is 2. The summed E-state index contributed by atoms with van der Waals surface area (Å²) < 4.78 is 11.1. The van der Waals surface area contributed by atoms with Crippen LogP contribution < -0.4 is 20.1 Å². The Bertz CT molecular complexity index is 1020. The van der Waals surface area contributed by atoms with Gasteiger partial charge < -0.3 is 20.1 Å². The summed E-state index contributed by atoms with van der Waals surface area (Å²) in [5, 5.41) is 7.46. The number of ether oxygens (including phenoxy) is 2. The number of methoxy groups -OCH3 is 1. The maximum absolute atomic E-state index is 12.8. The molecule has 0 saturated heterocycles. The Morgan fingerprint density at radius 2 is 1.90 bits per heavy atom. The number of benzene rings is 2. The average molecular weight is 411 g/mol. The molecule has 8 heteroatoms. The molecule has 150 valence electrons. The van der Waals surface area contributed by atoms with Crippen LogP contribution in [-0.2, 0) is 11.4 Å². The summed E-state index contributed by atoms with van der Waals surface area (Å²) in [6, 6.07) is 10.4. The van der Waals surface area contributed by atoms with Gasteiger partial charge in [-0.1, -0.05) is 6.07 Å². The fraction of sp³-hybridized carbons (Fsp3) is 0.190. The Labute approximate surface area is 172 Å². The Hall–Kier alpha value is -3.39. The predicted octanol–water partition coefficient (Wildman–Crippen LogP) is 4.25. The summed E-state index contributed by atoms with van der Waals surface area (Å²) in [5.74, 6) is 0.421. The third kappa shape index (κ3) is 5.32. The van der Waals surface area contributed by atoms with Gasteiger partial charge in [-0.05, 0) is 42.8 Å². The van der Waals surface area contributed by atoms with Gasteiger partial charge in [0.05, 0.1) is 29.7 Å². The van der Waals surface area contributed by atoms with Crippen molar-refractivity contribution in [1.29, 1.82) is 0 Å². The lowest BCUT2D eigenvalue weighted by Crippen LogP contribution is -2.15. The monoisotopic (exact) mass is 411 g/mol. The number of hydrogen-bond donors (Lipinski definition) is 2. The molecule has 3 rings (SSSR count). The molecule has 2 aromatic carbocycles. The van der Waals surface area contributed by atoms with Crippen LogP contribution in [-0.4, -0.2) is 23.9 Å². The van der Waals surface area contributed by atoms with E-state index in [0.29, 0.717) is 35.0 Å². The molecule has 1 heterocycles. The highest BCUT2D eigenvalue weighted by Gasteiger charge is 2.14. The summed E-state index contributed by atoms with van der Waals surface area (Å²) in [7, 11) is 1.52. The van der Waals surface area contributed by atoms with Crippen LogP contribution in [0.15, 0.2) is 47.3 Å². The van der Waals surface area contributed by atoms with Gasteiger partial charge in [0.1, 0.15) is 6.61 Å². The average Bonchev–Trinajstić information content (AvgIpc) is 3.21. The summed E-state index contributed by atoms with van der Waals surface area (Å²) >= 11 is 1.50. The lowest BCUT2D eigenvalue weighted by Gasteiger charge is -2.14. The molecule has 0 saturated carbocycles. The van der Waals surface area contributed by atoms with Crippen LogP contribution in [0.1, 0.15) is 28.5 Å². The topological polar surface area (TPSA) is 89.6 Å². The Kier molecular flexibility index (Phi) is 6.46. The van der Waals surface area contributed by atoms with E-state index in [0.717, 1.165) is 11.3 Å². The number of hydrogen-bond acceptors (Lipinski definition) is 6. The molecule has 0 aliphatic heterocycles. The molecule has 2 N–H and O–H groups in total. The zero-order valence-electron chi connectivity index (χ0n) is 16.3. The zero-order valence-corrected chi connectivity index (χ0v) is 17.1. The summed E-state index contributed by atoms with van der Waals surface area (Å²) in [4.78, 5) is 28.3. The van der Waals surface area contributed by atoms with Crippen molar-refractivity contribution in [1.82, 2.24) is 4.98 Å². The molecular formula is C21H21N3O4S. The fourth-order valence-electron chi connectivity index (χ4n) is 2.64. The van der Waals surface area contributed by atoms with Crippen LogP contribution in [0, 0.1) is 6.92 Å². The number of rotatable bonds is 7. The molecule has 7 nitrogen and oxygen atoms in total. The van der Waals surface area contributed by atoms with Crippen molar-refractivity contribution in [3.8, 4) is 11.5 Å². The van der Waals surface area contributed by atoms with Gasteiger partial charge in [0.15, 0.2) is 11.5 Å². The normalized spacial score (nSPS) is 10.3. The SMILES string of the molecule is COc1cc(C(=O)Nc2cc(C)ccc2NC(C)=O)ccc1OCc1cscn1. The minimum atomic E-state index is -0.327. The van der Waals surface area contributed by atoms with Crippen molar-refractivity contribution in [2.75, 3.05) is 17.7 Å². The second-order valence-electron chi connectivity index (χ2n) is 6.32. The van der Waals surface area contributed by atoms with Crippen LogP contribution >= 0.6 is 11.3 Å². The molecule has 0 radical (unpaired) electrons. The van der Waals surface area contributed by atoms with Crippen molar-refractivity contribution < 1.29 is 19.1 Å². The number of nitrogens with zero attached hydrogens (tertiary/aromatic N) is 1. The molecular weight excluding hydrogens is 390 g/mol. The summed E-state index contributed by atoms with van der Waals surface area (Å²) in [5.41, 5.74) is 4.98. The largest absolute Gasteiger partial charge is 0.493 e. The molecule has 1 aromatic heterocycles. The van der Waals surface area contributed by atoms with Crippen LogP contribution in [0.3, 0.4) is 0 Å². The number of nitrogens with one attached hydrogen (secondary N) is 2. The first-order chi connectivity index (χ1) is 14.0. The van der Waals surface area contributed by atoms with Crippen molar-refractivity contribution in [3.05, 3.63) is 64.1 Å². The first-order valence-corrected chi connectivity index (χ1v) is 9.78. The molecule has 0 aliphatic rings. The fourth-order valence-corrected chi connectivity index (χ4v) is 3.19. The maximum Gasteiger partial charge on any atom is 0.255 e. The van der Waals surface area contributed by atoms with Crippen molar-refractivity contribution in [3.63, 3.8) is 0 Å². The van der Waals surface area contributed by atoms with E-state index in [1.807, 2.05) is 18.4 Å². The van der Waals surface area contributed by atoms with Gasteiger partial charge in [0, 0.05) is 17.9 Å². The van der Waals surface area contributed by atoms with E-state index in [1.54, 1.807) is 35.8 Å². The molecule has 3 aromatic rings. The molecule has 0 spiro atoms. The highest BCUT2D eigenvalue weighted by molar-refractivity contribution is 7.07. The first kappa shape index (κ1) is 20.3. The Balaban J connectivity index is 1.77. The summed E-state index contributed by atoms with van der Waals surface area (Å²) in [6.45, 7) is 3.64. The van der Waals surface area contributed by atoms with Crippen molar-refractivity contribution in [2.45, 2.75) is 20.5 Å². The van der Waals surface area contributed by atoms with Gasteiger partial charge in [-0.2, -0.15) is 0 Å². The van der Waals surface area contributed by atoms with E-state index in [2.05, 4.69) is 15.6 Å².